The van der Waals surface area contributed by atoms with Crippen molar-refractivity contribution in [1.82, 2.24) is 15.5 Å². The van der Waals surface area contributed by atoms with E-state index in [1.165, 1.54) is 16.8 Å². The molecule has 1 unspecified atom stereocenters. The van der Waals surface area contributed by atoms with Crippen LogP contribution in [0.4, 0.5) is 0 Å². The molecule has 0 aliphatic carbocycles. The molecule has 2 N–H and O–H groups in total. The molecule has 1 atom stereocenters. The Bertz CT molecular complexity index is 519. The average molecular weight is 336 g/mol. The van der Waals surface area contributed by atoms with Gasteiger partial charge in [-0.3, -0.25) is 5.10 Å². The van der Waals surface area contributed by atoms with Gasteiger partial charge >= 0.3 is 0 Å². The molecule has 0 radical (unpaired) electrons. The molecule has 2 rings (SSSR count). The summed E-state index contributed by atoms with van der Waals surface area (Å²) >= 11 is 3.48. The molecule has 0 saturated heterocycles. The first kappa shape index (κ1) is 15.3. The van der Waals surface area contributed by atoms with E-state index in [4.69, 9.17) is 0 Å². The van der Waals surface area contributed by atoms with Crippen LogP contribution in [0.2, 0.25) is 0 Å². The number of aryl methyl sites for hydroxylation is 2. The van der Waals surface area contributed by atoms with E-state index >= 15 is 0 Å². The summed E-state index contributed by atoms with van der Waals surface area (Å²) in [5.41, 5.74) is 3.86. The van der Waals surface area contributed by atoms with Gasteiger partial charge in [-0.25, -0.2) is 0 Å². The van der Waals surface area contributed by atoms with E-state index in [0.29, 0.717) is 6.04 Å². The van der Waals surface area contributed by atoms with Crippen LogP contribution in [0.3, 0.4) is 0 Å². The molecule has 3 nitrogen and oxygen atoms in total. The maximum absolute atomic E-state index is 4.06. The largest absolute Gasteiger partial charge is 0.310 e. The molecule has 0 bridgehead atoms. The van der Waals surface area contributed by atoms with Crippen LogP contribution in [-0.2, 0) is 6.42 Å². The van der Waals surface area contributed by atoms with Gasteiger partial charge in [0.1, 0.15) is 0 Å². The van der Waals surface area contributed by atoms with Gasteiger partial charge in [-0.2, -0.15) is 5.10 Å². The van der Waals surface area contributed by atoms with Gasteiger partial charge in [-0.1, -0.05) is 35.0 Å². The number of rotatable bonds is 7. The van der Waals surface area contributed by atoms with Crippen molar-refractivity contribution in [2.75, 3.05) is 6.54 Å². The first-order valence-corrected chi connectivity index (χ1v) is 7.97. The third-order valence-electron chi connectivity index (χ3n) is 3.63. The Balaban J connectivity index is 1.79. The molecule has 1 heterocycles. The lowest BCUT2D eigenvalue weighted by molar-refractivity contribution is 0.510. The van der Waals surface area contributed by atoms with Gasteiger partial charge in [-0.05, 0) is 56.0 Å². The number of hydrogen-bond donors (Lipinski definition) is 2. The monoisotopic (exact) mass is 335 g/mol. The van der Waals surface area contributed by atoms with E-state index in [0.717, 1.165) is 30.3 Å². The number of benzene rings is 1. The van der Waals surface area contributed by atoms with Gasteiger partial charge < -0.3 is 5.32 Å². The van der Waals surface area contributed by atoms with Crippen molar-refractivity contribution in [2.24, 2.45) is 0 Å². The quantitative estimate of drug-likeness (QED) is 0.746. The van der Waals surface area contributed by atoms with Crippen molar-refractivity contribution in [1.29, 1.82) is 0 Å². The molecule has 20 heavy (non-hydrogen) atoms. The summed E-state index contributed by atoms with van der Waals surface area (Å²) in [4.78, 5) is 0. The van der Waals surface area contributed by atoms with Crippen LogP contribution in [0, 0.1) is 6.92 Å². The summed E-state index contributed by atoms with van der Waals surface area (Å²) in [5.74, 6) is 0. The Kier molecular flexibility index (Phi) is 5.80. The minimum atomic E-state index is 0.438. The van der Waals surface area contributed by atoms with Crippen LogP contribution in [0.1, 0.15) is 42.6 Å². The Hall–Kier alpha value is -1.13. The lowest BCUT2D eigenvalue weighted by atomic mass is 10.0. The molecule has 0 aliphatic rings. The first-order chi connectivity index (χ1) is 9.70. The highest BCUT2D eigenvalue weighted by molar-refractivity contribution is 9.10. The molecule has 2 aromatic rings. The van der Waals surface area contributed by atoms with Crippen molar-refractivity contribution >= 4 is 15.9 Å². The number of hydrogen-bond acceptors (Lipinski definition) is 2. The van der Waals surface area contributed by atoms with Gasteiger partial charge in [0.15, 0.2) is 0 Å². The highest BCUT2D eigenvalue weighted by Gasteiger charge is 2.08. The lowest BCUT2D eigenvalue weighted by Gasteiger charge is -2.17. The van der Waals surface area contributed by atoms with Crippen molar-refractivity contribution in [3.05, 3.63) is 51.8 Å². The van der Waals surface area contributed by atoms with Gasteiger partial charge in [0, 0.05) is 16.2 Å². The Morgan fingerprint density at radius 1 is 1.30 bits per heavy atom. The second-order valence-corrected chi connectivity index (χ2v) is 6.01. The summed E-state index contributed by atoms with van der Waals surface area (Å²) < 4.78 is 1.13. The van der Waals surface area contributed by atoms with Gasteiger partial charge in [0.25, 0.3) is 0 Å². The standard InChI is InChI=1S/C16H22BrN3/c1-3-16(13-6-8-15(17)9-7-13)18-10-4-5-14-11-19-20-12(14)2/h6-9,11,16,18H,3-5,10H2,1-2H3,(H,19,20). The zero-order valence-corrected chi connectivity index (χ0v) is 13.7. The van der Waals surface area contributed by atoms with E-state index < -0.39 is 0 Å². The topological polar surface area (TPSA) is 40.7 Å². The zero-order chi connectivity index (χ0) is 14.4. The minimum absolute atomic E-state index is 0.438. The van der Waals surface area contributed by atoms with Crippen LogP contribution in [0.5, 0.6) is 0 Å². The van der Waals surface area contributed by atoms with E-state index in [1.54, 1.807) is 0 Å². The second kappa shape index (κ2) is 7.60. The number of aromatic amines is 1. The summed E-state index contributed by atoms with van der Waals surface area (Å²) in [6.45, 7) is 5.32. The van der Waals surface area contributed by atoms with Crippen molar-refractivity contribution in [2.45, 2.75) is 39.2 Å². The molecule has 0 aliphatic heterocycles. The van der Waals surface area contributed by atoms with E-state index in [-0.39, 0.29) is 0 Å². The van der Waals surface area contributed by atoms with Crippen LogP contribution in [0.15, 0.2) is 34.9 Å². The average Bonchev–Trinajstić information content (AvgIpc) is 2.86. The predicted octanol–water partition coefficient (Wildman–Crippen LogP) is 4.15. The summed E-state index contributed by atoms with van der Waals surface area (Å²) in [6.07, 6.45) is 5.24. The fourth-order valence-corrected chi connectivity index (χ4v) is 2.64. The molecular formula is C16H22BrN3. The molecule has 108 valence electrons. The maximum atomic E-state index is 4.06. The predicted molar refractivity (Wildman–Crippen MR) is 86.8 cm³/mol. The third-order valence-corrected chi connectivity index (χ3v) is 4.16. The second-order valence-electron chi connectivity index (χ2n) is 5.09. The number of nitrogens with zero attached hydrogens (tertiary/aromatic N) is 1. The van der Waals surface area contributed by atoms with Crippen LogP contribution >= 0.6 is 15.9 Å². The van der Waals surface area contributed by atoms with Crippen molar-refractivity contribution < 1.29 is 0 Å². The summed E-state index contributed by atoms with van der Waals surface area (Å²) in [5, 5.41) is 10.7. The normalized spacial score (nSPS) is 12.6. The van der Waals surface area contributed by atoms with Crippen molar-refractivity contribution in [3.8, 4) is 0 Å². The van der Waals surface area contributed by atoms with E-state index in [2.05, 4.69) is 69.6 Å². The molecule has 4 heteroatoms. The number of nitrogens with one attached hydrogen (secondary N) is 2. The third kappa shape index (κ3) is 4.18. The molecule has 0 amide bonds. The van der Waals surface area contributed by atoms with Crippen molar-refractivity contribution in [3.63, 3.8) is 0 Å². The maximum Gasteiger partial charge on any atom is 0.0522 e. The summed E-state index contributed by atoms with van der Waals surface area (Å²) in [6, 6.07) is 9.02. The minimum Gasteiger partial charge on any atom is -0.310 e. The molecule has 0 fully saturated rings. The molecule has 0 spiro atoms. The Morgan fingerprint density at radius 2 is 2.05 bits per heavy atom. The van der Waals surface area contributed by atoms with Gasteiger partial charge in [0.2, 0.25) is 0 Å². The van der Waals surface area contributed by atoms with Gasteiger partial charge in [0.05, 0.1) is 6.20 Å². The highest BCUT2D eigenvalue weighted by Crippen LogP contribution is 2.19. The Labute approximate surface area is 129 Å². The number of aromatic nitrogens is 2. The van der Waals surface area contributed by atoms with E-state index in [1.807, 2.05) is 6.20 Å². The fourth-order valence-electron chi connectivity index (χ4n) is 2.38. The summed E-state index contributed by atoms with van der Waals surface area (Å²) in [7, 11) is 0. The van der Waals surface area contributed by atoms with Crippen LogP contribution in [-0.4, -0.2) is 16.7 Å². The lowest BCUT2D eigenvalue weighted by Crippen LogP contribution is -2.22. The molecule has 0 saturated carbocycles. The highest BCUT2D eigenvalue weighted by atomic mass is 79.9. The Morgan fingerprint density at radius 3 is 2.65 bits per heavy atom. The van der Waals surface area contributed by atoms with E-state index in [9.17, 15) is 0 Å². The smallest absolute Gasteiger partial charge is 0.0522 e. The SMILES string of the molecule is CCC(NCCCc1cn[nH]c1C)c1ccc(Br)cc1. The zero-order valence-electron chi connectivity index (χ0n) is 12.1. The molecular weight excluding hydrogens is 314 g/mol. The number of halogens is 1. The fraction of sp³-hybridized carbons (Fsp3) is 0.438. The van der Waals surface area contributed by atoms with Crippen LogP contribution < -0.4 is 5.32 Å². The van der Waals surface area contributed by atoms with Crippen LogP contribution in [0.25, 0.3) is 0 Å². The number of H-pyrrole nitrogens is 1. The molecule has 1 aromatic heterocycles. The molecule has 1 aromatic carbocycles. The van der Waals surface area contributed by atoms with Gasteiger partial charge in [-0.15, -0.1) is 0 Å². The first-order valence-electron chi connectivity index (χ1n) is 7.18.